The van der Waals surface area contributed by atoms with Crippen LogP contribution in [0.25, 0.3) is 0 Å². The first-order chi connectivity index (χ1) is 6.63. The van der Waals surface area contributed by atoms with E-state index < -0.39 is 0 Å². The van der Waals surface area contributed by atoms with Crippen molar-refractivity contribution in [2.24, 2.45) is 4.99 Å². The summed E-state index contributed by atoms with van der Waals surface area (Å²) in [6, 6.07) is 1.85. The molecular weight excluding hydrogens is 178 g/mol. The Morgan fingerprint density at radius 1 is 1.57 bits per heavy atom. The second-order valence-corrected chi connectivity index (χ2v) is 3.39. The zero-order chi connectivity index (χ0) is 10.6. The van der Waals surface area contributed by atoms with Gasteiger partial charge in [-0.15, -0.1) is 0 Å². The highest BCUT2D eigenvalue weighted by Crippen LogP contribution is 2.17. The fraction of sp³-hybridized carbons (Fsp3) is 0.400. The molecule has 4 heteroatoms. The first-order valence-corrected chi connectivity index (χ1v) is 4.31. The van der Waals surface area contributed by atoms with Gasteiger partial charge in [0.15, 0.2) is 0 Å². The molecule has 1 aromatic rings. The standard InChI is InChI=1S/C10H13N3O/c1-8-10(12-7-14)4-9(5-11-8)6-13(2)3/h4-5H,6H2,1-3H3. The van der Waals surface area contributed by atoms with Crippen LogP contribution in [0.5, 0.6) is 0 Å². The van der Waals surface area contributed by atoms with E-state index in [1.165, 1.54) is 6.08 Å². The van der Waals surface area contributed by atoms with Crippen molar-refractivity contribution in [3.8, 4) is 0 Å². The van der Waals surface area contributed by atoms with Crippen LogP contribution in [0.3, 0.4) is 0 Å². The maximum atomic E-state index is 10.1. The van der Waals surface area contributed by atoms with Gasteiger partial charge in [-0.25, -0.2) is 4.79 Å². The van der Waals surface area contributed by atoms with Crippen molar-refractivity contribution >= 4 is 11.8 Å². The van der Waals surface area contributed by atoms with Crippen LogP contribution in [0.1, 0.15) is 11.3 Å². The summed E-state index contributed by atoms with van der Waals surface area (Å²) in [5, 5.41) is 0. The lowest BCUT2D eigenvalue weighted by Crippen LogP contribution is -2.10. The second-order valence-electron chi connectivity index (χ2n) is 3.39. The highest BCUT2D eigenvalue weighted by Gasteiger charge is 2.01. The molecule has 0 aliphatic rings. The van der Waals surface area contributed by atoms with E-state index in [9.17, 15) is 4.79 Å². The molecule has 4 nitrogen and oxygen atoms in total. The molecule has 0 spiro atoms. The number of aryl methyl sites for hydroxylation is 1. The van der Waals surface area contributed by atoms with E-state index in [1.807, 2.05) is 32.0 Å². The average Bonchev–Trinajstić information content (AvgIpc) is 2.10. The van der Waals surface area contributed by atoms with Gasteiger partial charge in [-0.1, -0.05) is 0 Å². The third kappa shape index (κ3) is 2.76. The number of nitrogens with zero attached hydrogens (tertiary/aromatic N) is 3. The minimum Gasteiger partial charge on any atom is -0.305 e. The Kier molecular flexibility index (Phi) is 3.51. The summed E-state index contributed by atoms with van der Waals surface area (Å²) < 4.78 is 0. The van der Waals surface area contributed by atoms with Gasteiger partial charge in [0.25, 0.3) is 0 Å². The van der Waals surface area contributed by atoms with Gasteiger partial charge in [0.1, 0.15) is 0 Å². The zero-order valence-corrected chi connectivity index (χ0v) is 8.61. The van der Waals surface area contributed by atoms with Gasteiger partial charge in [0.05, 0.1) is 11.4 Å². The molecule has 0 saturated heterocycles. The second kappa shape index (κ2) is 4.65. The molecule has 0 fully saturated rings. The maximum absolute atomic E-state index is 10.1. The van der Waals surface area contributed by atoms with Crippen molar-refractivity contribution in [3.05, 3.63) is 23.5 Å². The van der Waals surface area contributed by atoms with Gasteiger partial charge in [0.2, 0.25) is 6.08 Å². The van der Waals surface area contributed by atoms with E-state index in [-0.39, 0.29) is 0 Å². The van der Waals surface area contributed by atoms with Crippen molar-refractivity contribution in [1.82, 2.24) is 9.88 Å². The molecule has 0 bridgehead atoms. The fourth-order valence-corrected chi connectivity index (χ4v) is 1.18. The van der Waals surface area contributed by atoms with Gasteiger partial charge in [-0.2, -0.15) is 4.99 Å². The summed E-state index contributed by atoms with van der Waals surface area (Å²) in [6.45, 7) is 2.60. The number of rotatable bonds is 3. The summed E-state index contributed by atoms with van der Waals surface area (Å²) in [5.41, 5.74) is 2.38. The Morgan fingerprint density at radius 2 is 2.29 bits per heavy atom. The summed E-state index contributed by atoms with van der Waals surface area (Å²) in [5.74, 6) is 0. The van der Waals surface area contributed by atoms with Crippen LogP contribution in [-0.4, -0.2) is 30.1 Å². The van der Waals surface area contributed by atoms with Crippen LogP contribution >= 0.6 is 0 Å². The van der Waals surface area contributed by atoms with Crippen LogP contribution in [0.15, 0.2) is 17.3 Å². The molecule has 0 unspecified atom stereocenters. The first kappa shape index (κ1) is 10.6. The normalized spacial score (nSPS) is 10.0. The van der Waals surface area contributed by atoms with Gasteiger partial charge >= 0.3 is 0 Å². The summed E-state index contributed by atoms with van der Waals surface area (Å²) >= 11 is 0. The molecule has 1 heterocycles. The van der Waals surface area contributed by atoms with Crippen molar-refractivity contribution in [2.45, 2.75) is 13.5 Å². The number of hydrogen-bond acceptors (Lipinski definition) is 4. The highest BCUT2D eigenvalue weighted by atomic mass is 16.1. The molecule has 1 rings (SSSR count). The van der Waals surface area contributed by atoms with E-state index >= 15 is 0 Å². The van der Waals surface area contributed by atoms with E-state index in [0.717, 1.165) is 17.8 Å². The molecule has 74 valence electrons. The minimum atomic E-state index is 0.597. The van der Waals surface area contributed by atoms with E-state index in [0.29, 0.717) is 5.69 Å². The van der Waals surface area contributed by atoms with Gasteiger partial charge in [-0.3, -0.25) is 4.98 Å². The zero-order valence-electron chi connectivity index (χ0n) is 8.61. The fourth-order valence-electron chi connectivity index (χ4n) is 1.18. The molecule has 0 aliphatic carbocycles. The van der Waals surface area contributed by atoms with Crippen LogP contribution in [0.2, 0.25) is 0 Å². The van der Waals surface area contributed by atoms with Crippen molar-refractivity contribution in [3.63, 3.8) is 0 Å². The van der Waals surface area contributed by atoms with Crippen LogP contribution in [-0.2, 0) is 11.3 Å². The largest absolute Gasteiger partial charge is 0.305 e. The van der Waals surface area contributed by atoms with Crippen LogP contribution < -0.4 is 0 Å². The number of carbonyl (C=O) groups excluding carboxylic acids is 1. The molecule has 0 N–H and O–H groups in total. The minimum absolute atomic E-state index is 0.597. The van der Waals surface area contributed by atoms with E-state index in [1.54, 1.807) is 6.20 Å². The van der Waals surface area contributed by atoms with Gasteiger partial charge < -0.3 is 4.90 Å². The Bertz CT molecular complexity index is 368. The molecule has 0 aliphatic heterocycles. The lowest BCUT2D eigenvalue weighted by Gasteiger charge is -2.09. The molecule has 0 aromatic carbocycles. The molecule has 0 radical (unpaired) electrons. The number of hydrogen-bond donors (Lipinski definition) is 0. The summed E-state index contributed by atoms with van der Waals surface area (Å²) in [6.07, 6.45) is 3.32. The smallest absolute Gasteiger partial charge is 0.240 e. The van der Waals surface area contributed by atoms with Crippen LogP contribution in [0, 0.1) is 6.92 Å². The topological polar surface area (TPSA) is 45.6 Å². The number of isocyanates is 1. The Labute approximate surface area is 83.3 Å². The van der Waals surface area contributed by atoms with Crippen molar-refractivity contribution in [1.29, 1.82) is 0 Å². The number of aliphatic imine (C=N–C) groups is 1. The lowest BCUT2D eigenvalue weighted by atomic mass is 10.2. The maximum Gasteiger partial charge on any atom is 0.240 e. The third-order valence-corrected chi connectivity index (χ3v) is 1.78. The third-order valence-electron chi connectivity index (χ3n) is 1.78. The Morgan fingerprint density at radius 3 is 2.86 bits per heavy atom. The predicted octanol–water partition coefficient (Wildman–Crippen LogP) is 1.42. The first-order valence-electron chi connectivity index (χ1n) is 4.31. The lowest BCUT2D eigenvalue weighted by molar-refractivity contribution is 0.402. The monoisotopic (exact) mass is 191 g/mol. The van der Waals surface area contributed by atoms with E-state index in [4.69, 9.17) is 0 Å². The van der Waals surface area contributed by atoms with Crippen molar-refractivity contribution in [2.75, 3.05) is 14.1 Å². The Balaban J connectivity index is 3.00. The number of aromatic nitrogens is 1. The molecular formula is C10H13N3O. The molecule has 1 aromatic heterocycles. The van der Waals surface area contributed by atoms with Gasteiger partial charge in [-0.05, 0) is 32.6 Å². The Hall–Kier alpha value is -1.51. The van der Waals surface area contributed by atoms with Gasteiger partial charge in [0, 0.05) is 12.7 Å². The molecule has 0 amide bonds. The van der Waals surface area contributed by atoms with E-state index in [2.05, 4.69) is 9.98 Å². The summed E-state index contributed by atoms with van der Waals surface area (Å²) in [4.78, 5) is 19.9. The predicted molar refractivity (Wildman–Crippen MR) is 54.1 cm³/mol. The number of pyridine rings is 1. The molecule has 0 saturated carbocycles. The SMILES string of the molecule is Cc1ncc(CN(C)C)cc1N=C=O. The highest BCUT2D eigenvalue weighted by molar-refractivity contribution is 5.52. The average molecular weight is 191 g/mol. The summed E-state index contributed by atoms with van der Waals surface area (Å²) in [7, 11) is 3.95. The van der Waals surface area contributed by atoms with Crippen LogP contribution in [0.4, 0.5) is 5.69 Å². The quantitative estimate of drug-likeness (QED) is 0.536. The molecule has 0 atom stereocenters. The van der Waals surface area contributed by atoms with Crippen molar-refractivity contribution < 1.29 is 4.79 Å². The molecule has 14 heavy (non-hydrogen) atoms.